The Hall–Kier alpha value is -1.57. The number of benzene rings is 1. The molecule has 108 valence electrons. The van der Waals surface area contributed by atoms with Gasteiger partial charge in [-0.2, -0.15) is 4.37 Å². The molecule has 20 heavy (non-hydrogen) atoms. The van der Waals surface area contributed by atoms with Gasteiger partial charge in [-0.25, -0.2) is 4.39 Å². The van der Waals surface area contributed by atoms with Crippen LogP contribution in [0.25, 0.3) is 0 Å². The van der Waals surface area contributed by atoms with Crippen LogP contribution in [0.1, 0.15) is 18.5 Å². The molecule has 2 N–H and O–H groups in total. The van der Waals surface area contributed by atoms with Crippen LogP contribution in [0, 0.1) is 5.82 Å². The molecule has 2 atom stereocenters. The molecule has 0 radical (unpaired) electrons. The first-order valence-corrected chi connectivity index (χ1v) is 6.95. The van der Waals surface area contributed by atoms with E-state index in [1.54, 1.807) is 6.07 Å². The Morgan fingerprint density at radius 3 is 3.05 bits per heavy atom. The van der Waals surface area contributed by atoms with Crippen molar-refractivity contribution in [3.05, 3.63) is 41.8 Å². The lowest BCUT2D eigenvalue weighted by Gasteiger charge is -2.17. The molecule has 0 amide bonds. The van der Waals surface area contributed by atoms with Crippen LogP contribution >= 0.6 is 11.7 Å². The van der Waals surface area contributed by atoms with E-state index in [1.807, 2.05) is 13.0 Å². The zero-order chi connectivity index (χ0) is 14.4. The highest BCUT2D eigenvalue weighted by Crippen LogP contribution is 2.13. The van der Waals surface area contributed by atoms with Crippen LogP contribution in [-0.2, 0) is 0 Å². The van der Waals surface area contributed by atoms with E-state index in [0.717, 1.165) is 17.3 Å². The Balaban J connectivity index is 1.73. The van der Waals surface area contributed by atoms with Gasteiger partial charge in [0, 0.05) is 12.6 Å². The fourth-order valence-electron chi connectivity index (χ4n) is 1.67. The van der Waals surface area contributed by atoms with Crippen molar-refractivity contribution in [2.45, 2.75) is 19.1 Å². The molecule has 1 aromatic heterocycles. The third-order valence-electron chi connectivity index (χ3n) is 2.77. The molecule has 1 heterocycles. The Kier molecular flexibility index (Phi) is 5.40. The number of nitrogens with one attached hydrogen (secondary N) is 1. The van der Waals surface area contributed by atoms with Gasteiger partial charge < -0.3 is 15.2 Å². The summed E-state index contributed by atoms with van der Waals surface area (Å²) in [4.78, 5) is 0. The van der Waals surface area contributed by atoms with Gasteiger partial charge in [0.15, 0.2) is 0 Å². The highest BCUT2D eigenvalue weighted by molar-refractivity contribution is 6.99. The Bertz CT molecular complexity index is 524. The SMILES string of the molecule is C[C@H](NCC(O)COc1cnsn1)c1cccc(F)c1. The zero-order valence-electron chi connectivity index (χ0n) is 11.0. The van der Waals surface area contributed by atoms with E-state index in [-0.39, 0.29) is 18.5 Å². The van der Waals surface area contributed by atoms with E-state index in [4.69, 9.17) is 4.74 Å². The van der Waals surface area contributed by atoms with Crippen molar-refractivity contribution < 1.29 is 14.2 Å². The van der Waals surface area contributed by atoms with E-state index in [1.165, 1.54) is 18.3 Å². The number of aliphatic hydroxyl groups is 1. The van der Waals surface area contributed by atoms with E-state index in [2.05, 4.69) is 14.1 Å². The molecule has 5 nitrogen and oxygen atoms in total. The largest absolute Gasteiger partial charge is 0.473 e. The summed E-state index contributed by atoms with van der Waals surface area (Å²) in [6.07, 6.45) is 0.827. The summed E-state index contributed by atoms with van der Waals surface area (Å²) in [5, 5.41) is 12.9. The van der Waals surface area contributed by atoms with Crippen LogP contribution in [0.2, 0.25) is 0 Å². The molecule has 0 bridgehead atoms. The summed E-state index contributed by atoms with van der Waals surface area (Å²) in [5.74, 6) is 0.142. The molecule has 7 heteroatoms. The second-order valence-corrected chi connectivity index (χ2v) is 4.95. The molecule has 0 aliphatic rings. The average Bonchev–Trinajstić information content (AvgIpc) is 2.95. The lowest BCUT2D eigenvalue weighted by Crippen LogP contribution is -2.33. The van der Waals surface area contributed by atoms with Crippen molar-refractivity contribution in [2.24, 2.45) is 0 Å². The lowest BCUT2D eigenvalue weighted by molar-refractivity contribution is 0.102. The van der Waals surface area contributed by atoms with Crippen molar-refractivity contribution in [1.29, 1.82) is 0 Å². The molecule has 0 fully saturated rings. The van der Waals surface area contributed by atoms with E-state index >= 15 is 0 Å². The summed E-state index contributed by atoms with van der Waals surface area (Å²) in [7, 11) is 0. The van der Waals surface area contributed by atoms with Crippen LogP contribution in [-0.4, -0.2) is 33.1 Å². The number of ether oxygens (including phenoxy) is 1. The third-order valence-corrected chi connectivity index (χ3v) is 3.23. The van der Waals surface area contributed by atoms with Gasteiger partial charge in [0.1, 0.15) is 24.7 Å². The molecule has 0 aliphatic heterocycles. The van der Waals surface area contributed by atoms with Crippen LogP contribution < -0.4 is 10.1 Å². The monoisotopic (exact) mass is 297 g/mol. The van der Waals surface area contributed by atoms with Gasteiger partial charge >= 0.3 is 0 Å². The van der Waals surface area contributed by atoms with Gasteiger partial charge in [-0.3, -0.25) is 0 Å². The molecule has 0 saturated carbocycles. The second-order valence-electron chi connectivity index (χ2n) is 4.40. The minimum atomic E-state index is -0.673. The number of nitrogens with zero attached hydrogens (tertiary/aromatic N) is 2. The quantitative estimate of drug-likeness (QED) is 0.815. The molecular formula is C13H16FN3O2S. The number of hydrogen-bond acceptors (Lipinski definition) is 6. The highest BCUT2D eigenvalue weighted by Gasteiger charge is 2.10. The Morgan fingerprint density at radius 1 is 1.50 bits per heavy atom. The number of hydrogen-bond donors (Lipinski definition) is 2. The first-order chi connectivity index (χ1) is 9.65. The molecule has 1 unspecified atom stereocenters. The van der Waals surface area contributed by atoms with E-state index in [0.29, 0.717) is 12.4 Å². The lowest BCUT2D eigenvalue weighted by atomic mass is 10.1. The highest BCUT2D eigenvalue weighted by atomic mass is 32.1. The maximum Gasteiger partial charge on any atom is 0.245 e. The fourth-order valence-corrected chi connectivity index (χ4v) is 2.03. The van der Waals surface area contributed by atoms with Crippen molar-refractivity contribution in [3.8, 4) is 5.88 Å². The molecular weight excluding hydrogens is 281 g/mol. The summed E-state index contributed by atoms with van der Waals surface area (Å²) in [5.41, 5.74) is 0.835. The zero-order valence-corrected chi connectivity index (χ0v) is 11.8. The smallest absolute Gasteiger partial charge is 0.245 e. The van der Waals surface area contributed by atoms with Crippen LogP contribution in [0.4, 0.5) is 4.39 Å². The fraction of sp³-hybridized carbons (Fsp3) is 0.385. The van der Waals surface area contributed by atoms with Gasteiger partial charge in [-0.05, 0) is 24.6 Å². The topological polar surface area (TPSA) is 67.3 Å². The van der Waals surface area contributed by atoms with Gasteiger partial charge in [0.05, 0.1) is 11.7 Å². The number of aromatic nitrogens is 2. The van der Waals surface area contributed by atoms with Crippen molar-refractivity contribution in [3.63, 3.8) is 0 Å². The van der Waals surface area contributed by atoms with Crippen molar-refractivity contribution in [2.75, 3.05) is 13.2 Å². The van der Waals surface area contributed by atoms with Gasteiger partial charge in [0.2, 0.25) is 5.88 Å². The predicted octanol–water partition coefficient (Wildman–Crippen LogP) is 1.77. The number of halogens is 1. The van der Waals surface area contributed by atoms with Crippen LogP contribution in [0.3, 0.4) is 0 Å². The summed E-state index contributed by atoms with van der Waals surface area (Å²) >= 11 is 1.05. The normalized spacial score (nSPS) is 13.9. The molecule has 0 spiro atoms. The molecule has 2 aromatic rings. The number of aliphatic hydroxyl groups excluding tert-OH is 1. The minimum Gasteiger partial charge on any atom is -0.473 e. The number of rotatable bonds is 7. The molecule has 1 aromatic carbocycles. The first-order valence-electron chi connectivity index (χ1n) is 6.22. The van der Waals surface area contributed by atoms with Crippen LogP contribution in [0.15, 0.2) is 30.5 Å². The maximum absolute atomic E-state index is 13.1. The van der Waals surface area contributed by atoms with Gasteiger partial charge in [-0.15, -0.1) is 4.37 Å². The standard InChI is InChI=1S/C13H16FN3O2S/c1-9(10-3-2-4-11(14)5-10)15-6-12(18)8-19-13-7-16-20-17-13/h2-5,7,9,12,15,18H,6,8H2,1H3/t9-,12?/m0/s1. The predicted molar refractivity (Wildman–Crippen MR) is 74.2 cm³/mol. The van der Waals surface area contributed by atoms with Gasteiger partial charge in [-0.1, -0.05) is 12.1 Å². The Labute approximate surface area is 120 Å². The maximum atomic E-state index is 13.1. The average molecular weight is 297 g/mol. The summed E-state index contributed by atoms with van der Waals surface area (Å²) < 4.78 is 26.0. The molecule has 0 aliphatic carbocycles. The summed E-state index contributed by atoms with van der Waals surface area (Å²) in [6.45, 7) is 2.39. The van der Waals surface area contributed by atoms with Crippen LogP contribution in [0.5, 0.6) is 5.88 Å². The third kappa shape index (κ3) is 4.52. The van der Waals surface area contributed by atoms with Gasteiger partial charge in [0.25, 0.3) is 0 Å². The van der Waals surface area contributed by atoms with Crippen molar-refractivity contribution >= 4 is 11.7 Å². The first kappa shape index (κ1) is 14.8. The second kappa shape index (κ2) is 7.28. The van der Waals surface area contributed by atoms with E-state index < -0.39 is 6.10 Å². The summed E-state index contributed by atoms with van der Waals surface area (Å²) in [6, 6.07) is 6.33. The molecule has 0 saturated heterocycles. The molecule has 2 rings (SSSR count). The van der Waals surface area contributed by atoms with E-state index in [9.17, 15) is 9.50 Å². The van der Waals surface area contributed by atoms with Crippen molar-refractivity contribution in [1.82, 2.24) is 14.1 Å². The Morgan fingerprint density at radius 2 is 2.35 bits per heavy atom. The minimum absolute atomic E-state index is 0.0544.